The largest absolute Gasteiger partial charge is 0.379 e. The molecule has 2 aliphatic rings. The van der Waals surface area contributed by atoms with Crippen LogP contribution in [0.25, 0.3) is 11.5 Å². The van der Waals surface area contributed by atoms with Crippen molar-refractivity contribution < 1.29 is 0 Å². The normalized spacial score (nSPS) is 16.1. The van der Waals surface area contributed by atoms with E-state index in [1.807, 2.05) is 18.3 Å². The van der Waals surface area contributed by atoms with Gasteiger partial charge in [0.25, 0.3) is 0 Å². The topological polar surface area (TPSA) is 58.9 Å². The van der Waals surface area contributed by atoms with Crippen LogP contribution in [0.5, 0.6) is 0 Å². The number of nitrogens with one attached hydrogen (secondary N) is 1. The van der Waals surface area contributed by atoms with Gasteiger partial charge in [-0.15, -0.1) is 10.2 Å². The van der Waals surface area contributed by atoms with Gasteiger partial charge in [0, 0.05) is 30.5 Å². The highest BCUT2D eigenvalue weighted by Crippen LogP contribution is 2.23. The lowest BCUT2D eigenvalue weighted by Crippen LogP contribution is -2.19. The molecule has 7 heteroatoms. The Bertz CT molecular complexity index is 657. The molecule has 2 aromatic heterocycles. The van der Waals surface area contributed by atoms with Crippen LogP contribution in [-0.4, -0.2) is 39.3 Å². The standard InChI is InChI=1S/C14H16N6.CH4S/c1-10-11-9-20(18-12(11)8-15-10)14-5-4-13(16-17-14)19-6-2-3-7-19;1-2/h4-5,9,15H,1-3,6-8H2;2H,1H3. The fraction of sp³-hybridized carbons (Fsp3) is 0.400. The number of anilines is 1. The van der Waals surface area contributed by atoms with Crippen LogP contribution < -0.4 is 10.2 Å². The monoisotopic (exact) mass is 316 g/mol. The fourth-order valence-electron chi connectivity index (χ4n) is 2.75. The zero-order valence-corrected chi connectivity index (χ0v) is 13.6. The molecule has 0 spiro atoms. The lowest BCUT2D eigenvalue weighted by Gasteiger charge is -2.15. The molecule has 0 radical (unpaired) electrons. The van der Waals surface area contributed by atoms with Gasteiger partial charge in [0.2, 0.25) is 0 Å². The van der Waals surface area contributed by atoms with E-state index in [0.29, 0.717) is 0 Å². The SMILES string of the molecule is C=C1NCc2nn(-c3ccc(N4CCCC4)nn3)cc21.CS. The summed E-state index contributed by atoms with van der Waals surface area (Å²) in [6.07, 6.45) is 6.13. The molecule has 0 aromatic carbocycles. The first-order valence-electron chi connectivity index (χ1n) is 7.37. The van der Waals surface area contributed by atoms with Crippen LogP contribution in [0.4, 0.5) is 5.82 Å². The maximum Gasteiger partial charge on any atom is 0.175 e. The van der Waals surface area contributed by atoms with Gasteiger partial charge < -0.3 is 10.2 Å². The minimum Gasteiger partial charge on any atom is -0.379 e. The van der Waals surface area contributed by atoms with Crippen LogP contribution in [0.3, 0.4) is 0 Å². The van der Waals surface area contributed by atoms with Crippen LogP contribution in [0.15, 0.2) is 24.9 Å². The fourth-order valence-corrected chi connectivity index (χ4v) is 2.75. The first-order valence-corrected chi connectivity index (χ1v) is 8.26. The molecule has 0 bridgehead atoms. The van der Waals surface area contributed by atoms with Crippen LogP contribution in [0.1, 0.15) is 24.1 Å². The van der Waals surface area contributed by atoms with Gasteiger partial charge in [-0.05, 0) is 31.2 Å². The van der Waals surface area contributed by atoms with E-state index in [4.69, 9.17) is 0 Å². The summed E-state index contributed by atoms with van der Waals surface area (Å²) >= 11 is 3.53. The summed E-state index contributed by atoms with van der Waals surface area (Å²) in [5.74, 6) is 1.70. The lowest BCUT2D eigenvalue weighted by molar-refractivity contribution is 0.767. The second kappa shape index (κ2) is 6.39. The number of fused-ring (bicyclic) bond motifs is 1. The smallest absolute Gasteiger partial charge is 0.175 e. The summed E-state index contributed by atoms with van der Waals surface area (Å²) < 4.78 is 1.78. The quantitative estimate of drug-likeness (QED) is 0.829. The Morgan fingerprint density at radius 2 is 1.82 bits per heavy atom. The summed E-state index contributed by atoms with van der Waals surface area (Å²) in [6.45, 7) is 6.86. The van der Waals surface area contributed by atoms with Gasteiger partial charge >= 0.3 is 0 Å². The van der Waals surface area contributed by atoms with Crippen molar-refractivity contribution in [2.45, 2.75) is 19.4 Å². The van der Waals surface area contributed by atoms with E-state index in [2.05, 4.69) is 44.7 Å². The molecule has 22 heavy (non-hydrogen) atoms. The third-order valence-electron chi connectivity index (χ3n) is 3.89. The molecule has 0 saturated carbocycles. The number of hydrogen-bond donors (Lipinski definition) is 2. The Balaban J connectivity index is 0.000000693. The first-order chi connectivity index (χ1) is 10.8. The molecule has 2 aromatic rings. The van der Waals surface area contributed by atoms with Gasteiger partial charge in [-0.2, -0.15) is 17.7 Å². The third-order valence-corrected chi connectivity index (χ3v) is 3.89. The first kappa shape index (κ1) is 14.9. The number of thiol groups is 1. The van der Waals surface area contributed by atoms with E-state index >= 15 is 0 Å². The number of hydrogen-bond acceptors (Lipinski definition) is 6. The maximum atomic E-state index is 4.52. The van der Waals surface area contributed by atoms with Gasteiger partial charge in [0.1, 0.15) is 0 Å². The van der Waals surface area contributed by atoms with Gasteiger partial charge in [-0.25, -0.2) is 4.68 Å². The maximum absolute atomic E-state index is 4.52. The predicted molar refractivity (Wildman–Crippen MR) is 91.4 cm³/mol. The molecule has 1 saturated heterocycles. The highest BCUT2D eigenvalue weighted by molar-refractivity contribution is 7.79. The van der Waals surface area contributed by atoms with Crippen molar-refractivity contribution in [3.8, 4) is 5.82 Å². The van der Waals surface area contributed by atoms with Gasteiger partial charge in [0.05, 0.1) is 12.2 Å². The minimum absolute atomic E-state index is 0.737. The predicted octanol–water partition coefficient (Wildman–Crippen LogP) is 1.88. The summed E-state index contributed by atoms with van der Waals surface area (Å²) in [4.78, 5) is 2.27. The minimum atomic E-state index is 0.737. The summed E-state index contributed by atoms with van der Waals surface area (Å²) in [6, 6.07) is 3.99. The molecular weight excluding hydrogens is 296 g/mol. The molecule has 1 N–H and O–H groups in total. The van der Waals surface area contributed by atoms with E-state index < -0.39 is 0 Å². The molecule has 1 fully saturated rings. The molecule has 6 nitrogen and oxygen atoms in total. The Kier molecular flexibility index (Phi) is 4.33. The summed E-state index contributed by atoms with van der Waals surface area (Å²) in [7, 11) is 0. The van der Waals surface area contributed by atoms with Crippen LogP contribution in [-0.2, 0) is 6.54 Å². The Hall–Kier alpha value is -2.02. The van der Waals surface area contributed by atoms with Gasteiger partial charge in [-0.3, -0.25) is 0 Å². The zero-order chi connectivity index (χ0) is 15.5. The number of rotatable bonds is 2. The molecule has 4 rings (SSSR count). The molecular formula is C15H20N6S. The Labute approximate surface area is 135 Å². The van der Waals surface area contributed by atoms with Crippen LogP contribution in [0.2, 0.25) is 0 Å². The van der Waals surface area contributed by atoms with Crippen molar-refractivity contribution in [1.29, 1.82) is 0 Å². The highest BCUT2D eigenvalue weighted by Gasteiger charge is 2.19. The number of aromatic nitrogens is 4. The van der Waals surface area contributed by atoms with Crippen molar-refractivity contribution in [3.05, 3.63) is 36.2 Å². The second-order valence-corrected chi connectivity index (χ2v) is 5.21. The number of nitrogens with zero attached hydrogens (tertiary/aromatic N) is 5. The second-order valence-electron chi connectivity index (χ2n) is 5.21. The van der Waals surface area contributed by atoms with E-state index in [0.717, 1.165) is 48.2 Å². The molecule has 2 aliphatic heterocycles. The Morgan fingerprint density at radius 3 is 2.45 bits per heavy atom. The molecule has 0 amide bonds. The van der Waals surface area contributed by atoms with Crippen LogP contribution >= 0.6 is 12.6 Å². The summed E-state index contributed by atoms with van der Waals surface area (Å²) in [5, 5.41) is 16.3. The van der Waals surface area contributed by atoms with Crippen LogP contribution in [0, 0.1) is 0 Å². The van der Waals surface area contributed by atoms with E-state index in [1.165, 1.54) is 12.8 Å². The van der Waals surface area contributed by atoms with E-state index in [1.54, 1.807) is 10.9 Å². The van der Waals surface area contributed by atoms with E-state index in [-0.39, 0.29) is 0 Å². The van der Waals surface area contributed by atoms with Crippen molar-refractivity contribution >= 4 is 24.1 Å². The molecule has 0 unspecified atom stereocenters. The van der Waals surface area contributed by atoms with Gasteiger partial charge in [0.15, 0.2) is 11.6 Å². The average molecular weight is 316 g/mol. The van der Waals surface area contributed by atoms with Crippen molar-refractivity contribution in [3.63, 3.8) is 0 Å². The molecule has 116 valence electrons. The van der Waals surface area contributed by atoms with Gasteiger partial charge in [-0.1, -0.05) is 6.58 Å². The molecule has 0 aliphatic carbocycles. The van der Waals surface area contributed by atoms with E-state index in [9.17, 15) is 0 Å². The van der Waals surface area contributed by atoms with Crippen molar-refractivity contribution in [2.24, 2.45) is 0 Å². The average Bonchev–Trinajstić information content (AvgIpc) is 3.29. The third kappa shape index (κ3) is 2.68. The van der Waals surface area contributed by atoms with Crippen molar-refractivity contribution in [1.82, 2.24) is 25.3 Å². The lowest BCUT2D eigenvalue weighted by atomic mass is 10.3. The Morgan fingerprint density at radius 1 is 1.14 bits per heavy atom. The molecule has 4 heterocycles. The highest BCUT2D eigenvalue weighted by atomic mass is 32.1. The summed E-state index contributed by atoms with van der Waals surface area (Å²) in [5.41, 5.74) is 3.00. The zero-order valence-electron chi connectivity index (χ0n) is 12.7. The molecule has 0 atom stereocenters. The van der Waals surface area contributed by atoms with Crippen molar-refractivity contribution in [2.75, 3.05) is 24.2 Å².